The van der Waals surface area contributed by atoms with Crippen molar-refractivity contribution >= 4 is 39.1 Å². The van der Waals surface area contributed by atoms with Gasteiger partial charge < -0.3 is 9.80 Å². The second-order valence-corrected chi connectivity index (χ2v) is 10.4. The number of benzene rings is 2. The van der Waals surface area contributed by atoms with Crippen LogP contribution in [-0.4, -0.2) is 49.2 Å². The molecule has 9 heteroatoms. The Kier molecular flexibility index (Phi) is 6.44. The molecule has 0 bridgehead atoms. The Morgan fingerprint density at radius 2 is 1.69 bits per heavy atom. The minimum Gasteiger partial charge on any atom is -0.341 e. The van der Waals surface area contributed by atoms with E-state index in [9.17, 15) is 18.0 Å². The van der Waals surface area contributed by atoms with Crippen LogP contribution in [0.15, 0.2) is 47.4 Å². The van der Waals surface area contributed by atoms with Crippen molar-refractivity contribution in [3.8, 4) is 0 Å². The number of likely N-dealkylation sites (tertiary alicyclic amines) is 1. The lowest BCUT2D eigenvalue weighted by molar-refractivity contribution is -0.146. The Morgan fingerprint density at radius 1 is 1.00 bits per heavy atom. The van der Waals surface area contributed by atoms with Gasteiger partial charge in [-0.15, -0.1) is 0 Å². The third-order valence-electron chi connectivity index (χ3n) is 6.07. The summed E-state index contributed by atoms with van der Waals surface area (Å²) in [6.07, 6.45) is 3.47. The zero-order chi connectivity index (χ0) is 22.9. The lowest BCUT2D eigenvalue weighted by Gasteiger charge is -2.39. The minimum atomic E-state index is -3.82. The zero-order valence-electron chi connectivity index (χ0n) is 17.9. The van der Waals surface area contributed by atoms with Crippen LogP contribution < -0.4 is 4.72 Å². The number of hydrogen-bond acceptors (Lipinski definition) is 4. The van der Waals surface area contributed by atoms with Crippen molar-refractivity contribution in [3.63, 3.8) is 0 Å². The molecule has 1 saturated heterocycles. The number of carbonyl (C=O) groups excluding carboxylic acids is 2. The average molecular weight is 476 g/mol. The highest BCUT2D eigenvalue weighted by Gasteiger charge is 2.36. The summed E-state index contributed by atoms with van der Waals surface area (Å²) in [5, 5.41) is 0.514. The number of piperidine rings is 1. The predicted octanol–water partition coefficient (Wildman–Crippen LogP) is 3.43. The van der Waals surface area contributed by atoms with Gasteiger partial charge in [-0.25, -0.2) is 8.42 Å². The van der Waals surface area contributed by atoms with Crippen molar-refractivity contribution in [2.45, 2.75) is 50.1 Å². The van der Waals surface area contributed by atoms with E-state index in [0.29, 0.717) is 17.1 Å². The zero-order valence-corrected chi connectivity index (χ0v) is 19.5. The van der Waals surface area contributed by atoms with E-state index in [0.717, 1.165) is 43.5 Å². The van der Waals surface area contributed by atoms with E-state index in [2.05, 4.69) is 4.72 Å². The van der Waals surface area contributed by atoms with Crippen molar-refractivity contribution in [1.29, 1.82) is 0 Å². The van der Waals surface area contributed by atoms with Crippen LogP contribution in [0.1, 0.15) is 37.3 Å². The van der Waals surface area contributed by atoms with E-state index in [4.69, 9.17) is 11.6 Å². The maximum atomic E-state index is 13.1. The molecule has 2 aliphatic heterocycles. The molecule has 1 N–H and O–H groups in total. The van der Waals surface area contributed by atoms with Gasteiger partial charge in [0, 0.05) is 43.7 Å². The molecule has 2 amide bonds. The number of sulfonamides is 1. The van der Waals surface area contributed by atoms with Gasteiger partial charge >= 0.3 is 0 Å². The topological polar surface area (TPSA) is 86.8 Å². The first-order valence-corrected chi connectivity index (χ1v) is 12.6. The molecule has 2 aliphatic rings. The highest BCUT2D eigenvalue weighted by molar-refractivity contribution is 7.92. The maximum absolute atomic E-state index is 13.1. The Morgan fingerprint density at radius 3 is 2.34 bits per heavy atom. The van der Waals surface area contributed by atoms with Crippen molar-refractivity contribution < 1.29 is 18.0 Å². The Labute approximate surface area is 193 Å². The largest absolute Gasteiger partial charge is 0.341 e. The van der Waals surface area contributed by atoms with E-state index in [1.54, 1.807) is 47.4 Å². The van der Waals surface area contributed by atoms with Crippen molar-refractivity contribution in [3.05, 3.63) is 58.6 Å². The third kappa shape index (κ3) is 4.76. The van der Waals surface area contributed by atoms with Crippen molar-refractivity contribution in [2.75, 3.05) is 17.8 Å². The summed E-state index contributed by atoms with van der Waals surface area (Å²) in [6, 6.07) is 10.7. The molecular formula is C23H26ClN3O4S. The number of anilines is 1. The Bertz CT molecular complexity index is 1130. The van der Waals surface area contributed by atoms with E-state index < -0.39 is 16.1 Å². The monoisotopic (exact) mass is 475 g/mol. The summed E-state index contributed by atoms with van der Waals surface area (Å²) in [5.41, 5.74) is 2.04. The first kappa shape index (κ1) is 22.6. The maximum Gasteiger partial charge on any atom is 0.261 e. The number of halogens is 1. The van der Waals surface area contributed by atoms with E-state index >= 15 is 0 Å². The number of amides is 2. The van der Waals surface area contributed by atoms with E-state index in [1.165, 1.54) is 6.92 Å². The normalized spacial score (nSPS) is 18.8. The number of fused-ring (bicyclic) bond motifs is 1. The average Bonchev–Trinajstić information content (AvgIpc) is 2.79. The lowest BCUT2D eigenvalue weighted by Crippen LogP contribution is -2.54. The molecule has 0 aromatic heterocycles. The molecule has 2 heterocycles. The van der Waals surface area contributed by atoms with Crippen LogP contribution in [0, 0.1) is 0 Å². The highest BCUT2D eigenvalue weighted by Crippen LogP contribution is 2.28. The van der Waals surface area contributed by atoms with Gasteiger partial charge in [-0.3, -0.25) is 14.3 Å². The molecule has 4 rings (SSSR count). The van der Waals surface area contributed by atoms with Crippen LogP contribution in [0.5, 0.6) is 0 Å². The van der Waals surface area contributed by atoms with Crippen molar-refractivity contribution in [2.24, 2.45) is 0 Å². The molecule has 0 saturated carbocycles. The molecule has 7 nitrogen and oxygen atoms in total. The van der Waals surface area contributed by atoms with Gasteiger partial charge in [0.05, 0.1) is 4.90 Å². The number of rotatable bonds is 4. The molecule has 170 valence electrons. The van der Waals surface area contributed by atoms with Crippen LogP contribution in [0.3, 0.4) is 0 Å². The van der Waals surface area contributed by atoms with Gasteiger partial charge in [-0.2, -0.15) is 0 Å². The standard InChI is InChI=1S/C23H26ClN3O4S/c1-16(28)27-15-18-13-21(32(30,31)25-20-8-6-19(24)7-9-20)10-5-17(18)14-22(27)23(29)26-11-3-2-4-12-26/h5-10,13,22,25H,2-4,11-12,14-15H2,1H3. The molecule has 1 unspecified atom stereocenters. The quantitative estimate of drug-likeness (QED) is 0.734. The van der Waals surface area contributed by atoms with E-state index in [-0.39, 0.29) is 23.3 Å². The van der Waals surface area contributed by atoms with Crippen LogP contribution in [0.4, 0.5) is 5.69 Å². The first-order valence-electron chi connectivity index (χ1n) is 10.7. The molecular weight excluding hydrogens is 450 g/mol. The second kappa shape index (κ2) is 9.11. The molecule has 0 spiro atoms. The van der Waals surface area contributed by atoms with Crippen LogP contribution >= 0.6 is 11.6 Å². The van der Waals surface area contributed by atoms with E-state index in [1.807, 2.05) is 4.90 Å². The molecule has 2 aromatic carbocycles. The predicted molar refractivity (Wildman–Crippen MR) is 123 cm³/mol. The Hall–Kier alpha value is -2.58. The molecule has 1 fully saturated rings. The number of carbonyl (C=O) groups is 2. The van der Waals surface area contributed by atoms with Crippen molar-refractivity contribution in [1.82, 2.24) is 9.80 Å². The van der Waals surface area contributed by atoms with Gasteiger partial charge in [0.1, 0.15) is 6.04 Å². The SMILES string of the molecule is CC(=O)N1Cc2cc(S(=O)(=O)Nc3ccc(Cl)cc3)ccc2CC1C(=O)N1CCCCC1. The smallest absolute Gasteiger partial charge is 0.261 e. The summed E-state index contributed by atoms with van der Waals surface area (Å²) in [4.78, 5) is 29.0. The van der Waals surface area contributed by atoms with Crippen LogP contribution in [-0.2, 0) is 32.6 Å². The number of nitrogens with one attached hydrogen (secondary N) is 1. The van der Waals surface area contributed by atoms with Crippen LogP contribution in [0.25, 0.3) is 0 Å². The molecule has 32 heavy (non-hydrogen) atoms. The molecule has 1 atom stereocenters. The highest BCUT2D eigenvalue weighted by atomic mass is 35.5. The summed E-state index contributed by atoms with van der Waals surface area (Å²) in [5.74, 6) is -0.217. The molecule has 2 aromatic rings. The van der Waals surface area contributed by atoms with Gasteiger partial charge in [-0.05, 0) is 66.8 Å². The lowest BCUT2D eigenvalue weighted by atomic mass is 9.92. The molecule has 0 radical (unpaired) electrons. The van der Waals surface area contributed by atoms with Gasteiger partial charge in [0.25, 0.3) is 10.0 Å². The second-order valence-electron chi connectivity index (χ2n) is 8.30. The summed E-state index contributed by atoms with van der Waals surface area (Å²) >= 11 is 5.87. The molecule has 0 aliphatic carbocycles. The minimum absolute atomic E-state index is 0.0216. The van der Waals surface area contributed by atoms with Gasteiger partial charge in [0.15, 0.2) is 0 Å². The van der Waals surface area contributed by atoms with Gasteiger partial charge in [-0.1, -0.05) is 17.7 Å². The van der Waals surface area contributed by atoms with Gasteiger partial charge in [0.2, 0.25) is 11.8 Å². The first-order chi connectivity index (χ1) is 15.2. The summed E-state index contributed by atoms with van der Waals surface area (Å²) in [6.45, 7) is 3.10. The van der Waals surface area contributed by atoms with Crippen LogP contribution in [0.2, 0.25) is 5.02 Å². The fourth-order valence-electron chi connectivity index (χ4n) is 4.34. The number of nitrogens with zero attached hydrogens (tertiary/aromatic N) is 2. The summed E-state index contributed by atoms with van der Waals surface area (Å²) in [7, 11) is -3.82. The fraction of sp³-hybridized carbons (Fsp3) is 0.391. The third-order valence-corrected chi connectivity index (χ3v) is 7.70. The number of hydrogen-bond donors (Lipinski definition) is 1. The summed E-state index contributed by atoms with van der Waals surface area (Å²) < 4.78 is 28.3. The Balaban J connectivity index is 1.58. The fourth-order valence-corrected chi connectivity index (χ4v) is 5.57.